The maximum Gasteiger partial charge on any atom is 0.258 e. The standard InChI is InChI=1S/C16H26N4OS/c1-11(2)14-17-12(3)13(15(18-14)22-5)16(21)20-8-6-7-19(4)9-10-20/h11H,6-10H2,1-5H3. The van der Waals surface area contributed by atoms with Crippen molar-refractivity contribution in [2.45, 2.75) is 38.1 Å². The largest absolute Gasteiger partial charge is 0.337 e. The first-order chi connectivity index (χ1) is 10.4. The summed E-state index contributed by atoms with van der Waals surface area (Å²) in [5.74, 6) is 1.15. The lowest BCUT2D eigenvalue weighted by molar-refractivity contribution is 0.0757. The molecule has 22 heavy (non-hydrogen) atoms. The van der Waals surface area contributed by atoms with Crippen molar-refractivity contribution in [3.63, 3.8) is 0 Å². The van der Waals surface area contributed by atoms with Gasteiger partial charge < -0.3 is 9.80 Å². The molecule has 0 aliphatic carbocycles. The van der Waals surface area contributed by atoms with Gasteiger partial charge in [-0.05, 0) is 33.2 Å². The minimum atomic E-state index is 0.0763. The summed E-state index contributed by atoms with van der Waals surface area (Å²) in [6, 6.07) is 0. The summed E-state index contributed by atoms with van der Waals surface area (Å²) in [7, 11) is 2.10. The molecule has 2 heterocycles. The lowest BCUT2D eigenvalue weighted by Gasteiger charge is -2.22. The molecule has 1 fully saturated rings. The molecule has 0 radical (unpaired) electrons. The molecule has 1 aromatic rings. The first-order valence-corrected chi connectivity index (χ1v) is 9.06. The van der Waals surface area contributed by atoms with Gasteiger partial charge in [0.2, 0.25) is 0 Å². The Balaban J connectivity index is 2.32. The van der Waals surface area contributed by atoms with Gasteiger partial charge in [-0.15, -0.1) is 11.8 Å². The zero-order valence-electron chi connectivity index (χ0n) is 14.2. The fraction of sp³-hybridized carbons (Fsp3) is 0.688. The zero-order chi connectivity index (χ0) is 16.3. The number of carbonyl (C=O) groups excluding carboxylic acids is 1. The van der Waals surface area contributed by atoms with Crippen LogP contribution in [0.3, 0.4) is 0 Å². The van der Waals surface area contributed by atoms with E-state index in [1.54, 1.807) is 0 Å². The van der Waals surface area contributed by atoms with Gasteiger partial charge in [0.1, 0.15) is 10.9 Å². The molecule has 5 nitrogen and oxygen atoms in total. The van der Waals surface area contributed by atoms with Crippen LogP contribution in [0.5, 0.6) is 0 Å². The number of aromatic nitrogens is 2. The van der Waals surface area contributed by atoms with Crippen molar-refractivity contribution in [2.24, 2.45) is 0 Å². The fourth-order valence-corrected chi connectivity index (χ4v) is 3.25. The van der Waals surface area contributed by atoms with Gasteiger partial charge in [0, 0.05) is 25.6 Å². The first kappa shape index (κ1) is 17.2. The van der Waals surface area contributed by atoms with Crippen molar-refractivity contribution in [2.75, 3.05) is 39.5 Å². The molecular weight excluding hydrogens is 296 g/mol. The topological polar surface area (TPSA) is 49.3 Å². The van der Waals surface area contributed by atoms with E-state index < -0.39 is 0 Å². The van der Waals surface area contributed by atoms with Crippen LogP contribution in [0.2, 0.25) is 0 Å². The monoisotopic (exact) mass is 322 g/mol. The van der Waals surface area contributed by atoms with E-state index in [-0.39, 0.29) is 11.8 Å². The van der Waals surface area contributed by atoms with Gasteiger partial charge in [-0.2, -0.15) is 0 Å². The Labute approximate surface area is 137 Å². The molecule has 1 amide bonds. The highest BCUT2D eigenvalue weighted by molar-refractivity contribution is 7.98. The lowest BCUT2D eigenvalue weighted by atomic mass is 10.1. The number of likely N-dealkylation sites (N-methyl/N-ethyl adjacent to an activating group) is 1. The fourth-order valence-electron chi connectivity index (χ4n) is 2.63. The van der Waals surface area contributed by atoms with E-state index in [1.807, 2.05) is 18.1 Å². The molecule has 0 bridgehead atoms. The van der Waals surface area contributed by atoms with E-state index in [0.717, 1.165) is 49.1 Å². The normalized spacial score (nSPS) is 16.9. The second kappa shape index (κ2) is 7.42. The highest BCUT2D eigenvalue weighted by Gasteiger charge is 2.25. The maximum atomic E-state index is 13.0. The molecule has 1 aromatic heterocycles. The van der Waals surface area contributed by atoms with E-state index in [2.05, 4.69) is 35.8 Å². The number of carbonyl (C=O) groups is 1. The first-order valence-electron chi connectivity index (χ1n) is 7.84. The second-order valence-corrected chi connectivity index (χ2v) is 6.95. The summed E-state index contributed by atoms with van der Waals surface area (Å²) in [4.78, 5) is 26.3. The SMILES string of the molecule is CSc1nc(C(C)C)nc(C)c1C(=O)N1CCCN(C)CC1. The molecular formula is C16H26N4OS. The highest BCUT2D eigenvalue weighted by atomic mass is 32.2. The molecule has 122 valence electrons. The number of amides is 1. The third kappa shape index (κ3) is 3.79. The Morgan fingerprint density at radius 2 is 1.91 bits per heavy atom. The molecule has 0 aromatic carbocycles. The minimum Gasteiger partial charge on any atom is -0.337 e. The number of nitrogens with zero attached hydrogens (tertiary/aromatic N) is 4. The van der Waals surface area contributed by atoms with Crippen LogP contribution in [0.25, 0.3) is 0 Å². The minimum absolute atomic E-state index is 0.0763. The highest BCUT2D eigenvalue weighted by Crippen LogP contribution is 2.24. The smallest absolute Gasteiger partial charge is 0.258 e. The van der Waals surface area contributed by atoms with Gasteiger partial charge in [0.15, 0.2) is 0 Å². The number of thioether (sulfide) groups is 1. The third-order valence-corrected chi connectivity index (χ3v) is 4.69. The predicted molar refractivity (Wildman–Crippen MR) is 90.7 cm³/mol. The summed E-state index contributed by atoms with van der Waals surface area (Å²) in [5, 5.41) is 0.804. The Kier molecular flexibility index (Phi) is 5.81. The molecule has 2 rings (SSSR count). The summed E-state index contributed by atoms with van der Waals surface area (Å²) in [5.41, 5.74) is 1.48. The molecule has 0 saturated carbocycles. The number of rotatable bonds is 3. The van der Waals surface area contributed by atoms with Crippen molar-refractivity contribution in [3.05, 3.63) is 17.1 Å². The molecule has 1 saturated heterocycles. The van der Waals surface area contributed by atoms with Gasteiger partial charge in [-0.3, -0.25) is 4.79 Å². The van der Waals surface area contributed by atoms with Crippen LogP contribution in [0.4, 0.5) is 0 Å². The number of hydrogen-bond acceptors (Lipinski definition) is 5. The Hall–Kier alpha value is -1.14. The summed E-state index contributed by atoms with van der Waals surface area (Å²) >= 11 is 1.53. The van der Waals surface area contributed by atoms with Crippen molar-refractivity contribution >= 4 is 17.7 Å². The molecule has 0 spiro atoms. The average Bonchev–Trinajstić information content (AvgIpc) is 2.70. The van der Waals surface area contributed by atoms with Gasteiger partial charge >= 0.3 is 0 Å². The lowest BCUT2D eigenvalue weighted by Crippen LogP contribution is -2.35. The van der Waals surface area contributed by atoms with E-state index in [4.69, 9.17) is 0 Å². The summed E-state index contributed by atoms with van der Waals surface area (Å²) < 4.78 is 0. The van der Waals surface area contributed by atoms with Gasteiger partial charge in [0.05, 0.1) is 11.3 Å². The van der Waals surface area contributed by atoms with Crippen molar-refractivity contribution in [1.82, 2.24) is 19.8 Å². The molecule has 1 aliphatic rings. The molecule has 0 unspecified atom stereocenters. The quantitative estimate of drug-likeness (QED) is 0.632. The third-order valence-electron chi connectivity index (χ3n) is 4.00. The summed E-state index contributed by atoms with van der Waals surface area (Å²) in [6.07, 6.45) is 2.99. The molecule has 1 aliphatic heterocycles. The number of aryl methyl sites for hydroxylation is 1. The van der Waals surface area contributed by atoms with Crippen molar-refractivity contribution in [1.29, 1.82) is 0 Å². The van der Waals surface area contributed by atoms with Crippen LogP contribution in [-0.2, 0) is 0 Å². The van der Waals surface area contributed by atoms with Crippen LogP contribution in [0.15, 0.2) is 5.03 Å². The van der Waals surface area contributed by atoms with Gasteiger partial charge in [-0.1, -0.05) is 13.8 Å². The molecule has 0 atom stereocenters. The number of hydrogen-bond donors (Lipinski definition) is 0. The van der Waals surface area contributed by atoms with Crippen LogP contribution in [-0.4, -0.2) is 65.2 Å². The van der Waals surface area contributed by atoms with E-state index in [1.165, 1.54) is 11.8 Å². The van der Waals surface area contributed by atoms with Crippen LogP contribution >= 0.6 is 11.8 Å². The van der Waals surface area contributed by atoms with E-state index >= 15 is 0 Å². The zero-order valence-corrected chi connectivity index (χ0v) is 15.0. The van der Waals surface area contributed by atoms with Gasteiger partial charge in [-0.25, -0.2) is 9.97 Å². The van der Waals surface area contributed by atoms with Crippen molar-refractivity contribution < 1.29 is 4.79 Å². The van der Waals surface area contributed by atoms with E-state index in [9.17, 15) is 4.79 Å². The average molecular weight is 322 g/mol. The van der Waals surface area contributed by atoms with Gasteiger partial charge in [0.25, 0.3) is 5.91 Å². The van der Waals surface area contributed by atoms with Crippen molar-refractivity contribution in [3.8, 4) is 0 Å². The van der Waals surface area contributed by atoms with E-state index in [0.29, 0.717) is 5.56 Å². The Morgan fingerprint density at radius 3 is 2.55 bits per heavy atom. The second-order valence-electron chi connectivity index (χ2n) is 6.16. The predicted octanol–water partition coefficient (Wildman–Crippen LogP) is 2.41. The Bertz CT molecular complexity index is 547. The van der Waals surface area contributed by atoms with Crippen LogP contribution < -0.4 is 0 Å². The summed E-state index contributed by atoms with van der Waals surface area (Å²) in [6.45, 7) is 9.61. The maximum absolute atomic E-state index is 13.0. The Morgan fingerprint density at radius 1 is 1.18 bits per heavy atom. The molecule has 0 N–H and O–H groups in total. The van der Waals surface area contributed by atoms with Crippen LogP contribution in [0.1, 0.15) is 48.1 Å². The van der Waals surface area contributed by atoms with Crippen LogP contribution in [0, 0.1) is 6.92 Å². The molecule has 6 heteroatoms.